The van der Waals surface area contributed by atoms with Crippen LogP contribution in [0.15, 0.2) is 12.3 Å². The molecule has 0 bridgehead atoms. The molecule has 0 aliphatic carbocycles. The van der Waals surface area contributed by atoms with Gasteiger partial charge >= 0.3 is 5.97 Å². The Labute approximate surface area is 118 Å². The molecule has 6 nitrogen and oxygen atoms in total. The summed E-state index contributed by atoms with van der Waals surface area (Å²) >= 11 is 0. The van der Waals surface area contributed by atoms with Gasteiger partial charge in [-0.1, -0.05) is 0 Å². The Balaban J connectivity index is 2.21. The highest BCUT2D eigenvalue weighted by Gasteiger charge is 2.24. The number of piperidine rings is 1. The van der Waals surface area contributed by atoms with Gasteiger partial charge in [-0.2, -0.15) is 0 Å². The predicted molar refractivity (Wildman–Crippen MR) is 76.8 cm³/mol. The zero-order valence-electron chi connectivity index (χ0n) is 12.0. The van der Waals surface area contributed by atoms with Gasteiger partial charge in [-0.25, -0.2) is 9.78 Å². The average Bonchev–Trinajstić information content (AvgIpc) is 2.47. The van der Waals surface area contributed by atoms with Crippen molar-refractivity contribution in [3.8, 4) is 0 Å². The molecule has 0 atom stereocenters. The lowest BCUT2D eigenvalue weighted by Crippen LogP contribution is -2.38. The normalized spacial score (nSPS) is 16.2. The lowest BCUT2D eigenvalue weighted by molar-refractivity contribution is 0.0526. The Hall–Kier alpha value is -1.82. The molecule has 1 aromatic heterocycles. The fourth-order valence-corrected chi connectivity index (χ4v) is 2.39. The van der Waals surface area contributed by atoms with Crippen LogP contribution in [0.1, 0.15) is 30.1 Å². The fraction of sp³-hybridized carbons (Fsp3) is 0.571. The minimum Gasteiger partial charge on any atom is -0.462 e. The van der Waals surface area contributed by atoms with Gasteiger partial charge in [-0.15, -0.1) is 0 Å². The molecule has 0 unspecified atom stereocenters. The molecule has 2 N–H and O–H groups in total. The predicted octanol–water partition coefficient (Wildman–Crippen LogP) is 1.46. The van der Waals surface area contributed by atoms with Crippen LogP contribution in [0.5, 0.6) is 0 Å². The Morgan fingerprint density at radius 3 is 2.80 bits per heavy atom. The van der Waals surface area contributed by atoms with Crippen LogP contribution < -0.4 is 10.6 Å². The van der Waals surface area contributed by atoms with Crippen molar-refractivity contribution in [3.63, 3.8) is 0 Å². The number of ether oxygens (including phenoxy) is 2. The van der Waals surface area contributed by atoms with Gasteiger partial charge in [0, 0.05) is 20.2 Å². The van der Waals surface area contributed by atoms with E-state index in [9.17, 15) is 4.79 Å². The third kappa shape index (κ3) is 3.19. The minimum absolute atomic E-state index is 0.283. The van der Waals surface area contributed by atoms with Gasteiger partial charge in [0.25, 0.3) is 0 Å². The van der Waals surface area contributed by atoms with Crippen molar-refractivity contribution >= 4 is 17.5 Å². The molecule has 110 valence electrons. The van der Waals surface area contributed by atoms with E-state index in [1.807, 2.05) is 0 Å². The van der Waals surface area contributed by atoms with Crippen molar-refractivity contribution in [1.82, 2.24) is 4.98 Å². The second-order valence-corrected chi connectivity index (χ2v) is 4.78. The molecule has 0 spiro atoms. The summed E-state index contributed by atoms with van der Waals surface area (Å²) in [5.74, 6) is 0.267. The molecule has 20 heavy (non-hydrogen) atoms. The highest BCUT2D eigenvalue weighted by atomic mass is 16.5. The number of anilines is 2. The fourth-order valence-electron chi connectivity index (χ4n) is 2.39. The van der Waals surface area contributed by atoms with Gasteiger partial charge in [0.2, 0.25) is 0 Å². The van der Waals surface area contributed by atoms with Gasteiger partial charge < -0.3 is 20.1 Å². The van der Waals surface area contributed by atoms with Gasteiger partial charge in [0.05, 0.1) is 24.6 Å². The number of hydrogen-bond donors (Lipinski definition) is 1. The van der Waals surface area contributed by atoms with Gasteiger partial charge in [0.15, 0.2) is 0 Å². The van der Waals surface area contributed by atoms with E-state index in [1.54, 1.807) is 26.3 Å². The van der Waals surface area contributed by atoms with Crippen molar-refractivity contribution in [2.24, 2.45) is 0 Å². The van der Waals surface area contributed by atoms with Gasteiger partial charge in [0.1, 0.15) is 11.4 Å². The molecule has 6 heteroatoms. The van der Waals surface area contributed by atoms with Crippen molar-refractivity contribution < 1.29 is 14.3 Å². The standard InChI is InChI=1S/C14H21N3O3/c1-3-20-14(18)12-8-10(15)9-16-13(12)17-6-4-11(19-2)5-7-17/h8-9,11H,3-7,15H2,1-2H3. The lowest BCUT2D eigenvalue weighted by atomic mass is 10.1. The number of nitrogens with two attached hydrogens (primary N) is 1. The number of carbonyl (C=O) groups excluding carboxylic acids is 1. The summed E-state index contributed by atoms with van der Waals surface area (Å²) in [4.78, 5) is 18.4. The lowest BCUT2D eigenvalue weighted by Gasteiger charge is -2.32. The number of esters is 1. The molecule has 1 aliphatic heterocycles. The van der Waals surface area contributed by atoms with Crippen molar-refractivity contribution in [2.45, 2.75) is 25.9 Å². The first-order valence-corrected chi connectivity index (χ1v) is 6.86. The average molecular weight is 279 g/mol. The molecule has 0 saturated carbocycles. The summed E-state index contributed by atoms with van der Waals surface area (Å²) < 4.78 is 10.4. The maximum atomic E-state index is 12.0. The van der Waals surface area contributed by atoms with Crippen LogP contribution in [0, 0.1) is 0 Å². The van der Waals surface area contributed by atoms with E-state index in [4.69, 9.17) is 15.2 Å². The number of pyridine rings is 1. The van der Waals surface area contributed by atoms with E-state index in [0.29, 0.717) is 23.7 Å². The first-order valence-electron chi connectivity index (χ1n) is 6.86. The third-order valence-electron chi connectivity index (χ3n) is 3.46. The van der Waals surface area contributed by atoms with Crippen LogP contribution in [-0.2, 0) is 9.47 Å². The SMILES string of the molecule is CCOC(=O)c1cc(N)cnc1N1CCC(OC)CC1. The molecule has 0 aromatic carbocycles. The molecular formula is C14H21N3O3. The van der Waals surface area contributed by atoms with Crippen LogP contribution >= 0.6 is 0 Å². The van der Waals surface area contributed by atoms with E-state index in [0.717, 1.165) is 25.9 Å². The van der Waals surface area contributed by atoms with E-state index in [2.05, 4.69) is 9.88 Å². The molecule has 2 rings (SSSR count). The van der Waals surface area contributed by atoms with E-state index >= 15 is 0 Å². The second-order valence-electron chi connectivity index (χ2n) is 4.78. The highest BCUT2D eigenvalue weighted by Crippen LogP contribution is 2.25. The number of rotatable bonds is 4. The maximum Gasteiger partial charge on any atom is 0.341 e. The third-order valence-corrected chi connectivity index (χ3v) is 3.46. The molecule has 1 aliphatic rings. The second kappa shape index (κ2) is 6.56. The van der Waals surface area contributed by atoms with Crippen molar-refractivity contribution in [1.29, 1.82) is 0 Å². The van der Waals surface area contributed by atoms with Crippen LogP contribution in [0.3, 0.4) is 0 Å². The summed E-state index contributed by atoms with van der Waals surface area (Å²) in [5.41, 5.74) is 6.62. The number of carbonyl (C=O) groups is 1. The summed E-state index contributed by atoms with van der Waals surface area (Å²) in [6.07, 6.45) is 3.70. The molecular weight excluding hydrogens is 258 g/mol. The van der Waals surface area contributed by atoms with Crippen molar-refractivity contribution in [3.05, 3.63) is 17.8 Å². The van der Waals surface area contributed by atoms with Crippen LogP contribution in [0.4, 0.5) is 11.5 Å². The zero-order valence-corrected chi connectivity index (χ0v) is 12.0. The molecule has 0 amide bonds. The molecule has 2 heterocycles. The molecule has 1 fully saturated rings. The summed E-state index contributed by atoms with van der Waals surface area (Å²) in [7, 11) is 1.73. The molecule has 0 radical (unpaired) electrons. The number of methoxy groups -OCH3 is 1. The minimum atomic E-state index is -0.379. The van der Waals surface area contributed by atoms with E-state index in [-0.39, 0.29) is 12.1 Å². The number of nitrogen functional groups attached to an aromatic ring is 1. The Morgan fingerprint density at radius 1 is 1.50 bits per heavy atom. The number of nitrogens with zero attached hydrogens (tertiary/aromatic N) is 2. The highest BCUT2D eigenvalue weighted by molar-refractivity contribution is 5.95. The van der Waals surface area contributed by atoms with Crippen molar-refractivity contribution in [2.75, 3.05) is 37.4 Å². The molecule has 1 saturated heterocycles. The largest absolute Gasteiger partial charge is 0.462 e. The van der Waals surface area contributed by atoms with Crippen LogP contribution in [0.25, 0.3) is 0 Å². The Morgan fingerprint density at radius 2 is 2.20 bits per heavy atom. The Bertz CT molecular complexity index is 471. The van der Waals surface area contributed by atoms with Gasteiger partial charge in [-0.05, 0) is 25.8 Å². The topological polar surface area (TPSA) is 77.7 Å². The van der Waals surface area contributed by atoms with Crippen LogP contribution in [0.2, 0.25) is 0 Å². The number of aromatic nitrogens is 1. The van der Waals surface area contributed by atoms with Gasteiger partial charge in [-0.3, -0.25) is 0 Å². The Kier molecular flexibility index (Phi) is 4.79. The quantitative estimate of drug-likeness (QED) is 0.841. The first kappa shape index (κ1) is 14.6. The summed E-state index contributed by atoms with van der Waals surface area (Å²) in [6, 6.07) is 1.63. The van der Waals surface area contributed by atoms with Crippen LogP contribution in [-0.4, -0.2) is 43.9 Å². The summed E-state index contributed by atoms with van der Waals surface area (Å²) in [6.45, 7) is 3.73. The van der Waals surface area contributed by atoms with E-state index < -0.39 is 0 Å². The first-order chi connectivity index (χ1) is 9.65. The maximum absolute atomic E-state index is 12.0. The number of hydrogen-bond acceptors (Lipinski definition) is 6. The monoisotopic (exact) mass is 279 g/mol. The smallest absolute Gasteiger partial charge is 0.341 e. The van der Waals surface area contributed by atoms with E-state index in [1.165, 1.54) is 0 Å². The summed E-state index contributed by atoms with van der Waals surface area (Å²) in [5, 5.41) is 0. The molecule has 1 aromatic rings. The zero-order chi connectivity index (χ0) is 14.5.